The molecule has 10 nitrogen and oxygen atoms in total. The van der Waals surface area contributed by atoms with E-state index in [4.69, 9.17) is 18.5 Å². The molecule has 0 aromatic carbocycles. The van der Waals surface area contributed by atoms with Crippen molar-refractivity contribution in [3.63, 3.8) is 0 Å². The maximum atomic E-state index is 12.7. The Kier molecular flexibility index (Phi) is 38.4. The summed E-state index contributed by atoms with van der Waals surface area (Å²) in [6, 6.07) is 0. The van der Waals surface area contributed by atoms with Gasteiger partial charge in [-0.2, -0.15) is 0 Å². The van der Waals surface area contributed by atoms with Crippen LogP contribution in [0.5, 0.6) is 0 Å². The molecule has 0 amide bonds. The molecule has 11 heteroatoms. The van der Waals surface area contributed by atoms with Gasteiger partial charge in [-0.05, 0) is 89.9 Å². The molecular formula is C50H83NO9P+. The molecule has 0 saturated heterocycles. The number of aliphatic hydroxyl groups excluding tert-OH is 1. The lowest BCUT2D eigenvalue weighted by molar-refractivity contribution is -0.870. The van der Waals surface area contributed by atoms with Crippen molar-refractivity contribution in [1.29, 1.82) is 0 Å². The molecule has 0 radical (unpaired) electrons. The number of phosphoric ester groups is 1. The van der Waals surface area contributed by atoms with Crippen LogP contribution in [0.1, 0.15) is 136 Å². The van der Waals surface area contributed by atoms with Crippen molar-refractivity contribution in [3.05, 3.63) is 109 Å². The predicted molar refractivity (Wildman–Crippen MR) is 253 cm³/mol. The molecule has 0 heterocycles. The number of quaternary nitrogens is 1. The Balaban J connectivity index is 4.55. The molecule has 0 fully saturated rings. The van der Waals surface area contributed by atoms with Crippen LogP contribution in [0.15, 0.2) is 109 Å². The number of aliphatic hydroxyl groups is 1. The molecule has 0 rings (SSSR count). The lowest BCUT2D eigenvalue weighted by Crippen LogP contribution is -2.37. The fourth-order valence-electron chi connectivity index (χ4n) is 5.28. The third-order valence-electron chi connectivity index (χ3n) is 8.86. The Bertz CT molecular complexity index is 1420. The molecule has 1 unspecified atom stereocenters. The van der Waals surface area contributed by atoms with E-state index in [-0.39, 0.29) is 32.2 Å². The van der Waals surface area contributed by atoms with Crippen molar-refractivity contribution < 1.29 is 47.2 Å². The van der Waals surface area contributed by atoms with Gasteiger partial charge in [-0.25, -0.2) is 4.57 Å². The van der Waals surface area contributed by atoms with Gasteiger partial charge in [-0.3, -0.25) is 18.6 Å². The van der Waals surface area contributed by atoms with Gasteiger partial charge in [0.05, 0.1) is 33.9 Å². The number of ether oxygens (including phenoxy) is 2. The van der Waals surface area contributed by atoms with Crippen molar-refractivity contribution in [3.8, 4) is 0 Å². The zero-order chi connectivity index (χ0) is 45.1. The van der Waals surface area contributed by atoms with Gasteiger partial charge in [0.1, 0.15) is 19.8 Å². The minimum atomic E-state index is -4.42. The van der Waals surface area contributed by atoms with Gasteiger partial charge in [0.15, 0.2) is 6.10 Å². The monoisotopic (exact) mass is 873 g/mol. The highest BCUT2D eigenvalue weighted by atomic mass is 31.2. The van der Waals surface area contributed by atoms with Gasteiger partial charge in [0.2, 0.25) is 0 Å². The van der Waals surface area contributed by atoms with Crippen LogP contribution in [0.25, 0.3) is 0 Å². The summed E-state index contributed by atoms with van der Waals surface area (Å²) in [5.74, 6) is -0.938. The number of likely N-dealkylation sites (N-methyl/N-ethyl adjacent to an activating group) is 1. The first-order valence-electron chi connectivity index (χ1n) is 22.7. The summed E-state index contributed by atoms with van der Waals surface area (Å²) in [6.45, 7) is 4.00. The number of carbonyl (C=O) groups excluding carboxylic acids is 2. The molecule has 0 aliphatic carbocycles. The zero-order valence-electron chi connectivity index (χ0n) is 38.5. The Morgan fingerprint density at radius 1 is 0.590 bits per heavy atom. The van der Waals surface area contributed by atoms with Gasteiger partial charge in [-0.15, -0.1) is 0 Å². The van der Waals surface area contributed by atoms with E-state index in [1.807, 2.05) is 39.4 Å². The first-order chi connectivity index (χ1) is 29.4. The van der Waals surface area contributed by atoms with Crippen LogP contribution in [0, 0.1) is 0 Å². The first-order valence-corrected chi connectivity index (χ1v) is 24.2. The van der Waals surface area contributed by atoms with Gasteiger partial charge in [0, 0.05) is 12.8 Å². The Labute approximate surface area is 370 Å². The highest BCUT2D eigenvalue weighted by molar-refractivity contribution is 7.47. The van der Waals surface area contributed by atoms with Crippen LogP contribution in [-0.2, 0) is 32.7 Å². The van der Waals surface area contributed by atoms with Crippen molar-refractivity contribution >= 4 is 19.8 Å². The number of allylic oxidation sites excluding steroid dienone is 17. The van der Waals surface area contributed by atoms with Crippen molar-refractivity contribution in [2.45, 2.75) is 148 Å². The largest absolute Gasteiger partial charge is 0.472 e. The molecule has 3 atom stereocenters. The molecule has 0 aliphatic rings. The number of hydrogen-bond acceptors (Lipinski definition) is 8. The Hall–Kier alpha value is -3.37. The highest BCUT2D eigenvalue weighted by Gasteiger charge is 2.27. The fourth-order valence-corrected chi connectivity index (χ4v) is 6.03. The quantitative estimate of drug-likeness (QED) is 0.0204. The minimum absolute atomic E-state index is 0.00279. The van der Waals surface area contributed by atoms with Crippen molar-refractivity contribution in [1.82, 2.24) is 0 Å². The average Bonchev–Trinajstić information content (AvgIpc) is 3.21. The third-order valence-corrected chi connectivity index (χ3v) is 9.84. The summed E-state index contributed by atoms with van der Waals surface area (Å²) in [5.41, 5.74) is 0. The van der Waals surface area contributed by atoms with Gasteiger partial charge >= 0.3 is 19.8 Å². The summed E-state index contributed by atoms with van der Waals surface area (Å²) in [4.78, 5) is 35.4. The summed E-state index contributed by atoms with van der Waals surface area (Å²) in [7, 11) is 1.38. The molecular weight excluding hydrogens is 790 g/mol. The van der Waals surface area contributed by atoms with Gasteiger partial charge in [-0.1, -0.05) is 142 Å². The summed E-state index contributed by atoms with van der Waals surface area (Å²) < 4.78 is 34.2. The SMILES string of the molecule is CC/C=C\C/C=C\C/C=C\C/C=C\C/C=C\CCCCCC(=O)O[C@H](COC(=O)CCC/C=C\C/C=C\C/C=C\C/C=C\[C@@H](O)CCCC)COP(=O)(O)OCC[N+](C)(C)C. The van der Waals surface area contributed by atoms with E-state index in [9.17, 15) is 24.2 Å². The van der Waals surface area contributed by atoms with Crippen LogP contribution in [-0.4, -0.2) is 86.1 Å². The molecule has 0 aromatic rings. The Morgan fingerprint density at radius 3 is 1.61 bits per heavy atom. The van der Waals surface area contributed by atoms with Crippen LogP contribution < -0.4 is 0 Å². The van der Waals surface area contributed by atoms with Crippen LogP contribution >= 0.6 is 7.82 Å². The number of unbranched alkanes of at least 4 members (excludes halogenated alkanes) is 5. The standard InChI is InChI=1S/C50H82NO9P/c1-6-8-10-11-12-13-14-15-16-17-18-19-20-21-26-29-32-35-38-42-50(54)60-48(46-59-61(55,56)58-44-43-51(3,4)5)45-57-49(53)41-37-34-31-28-25-23-22-24-27-30-33-36-40-47(52)39-9-7-2/h8,10,12-13,15-16,18-19,21-23,26-28,30-31,36,40,47-48,52H,6-7,9,11,14,17,20,24-25,29,32-35,37-39,41-46H2,1-5H3/p+1/b10-8-,13-12-,16-15-,19-18-,23-22-,26-21-,30-27-,31-28-,40-36-/t47-,48+/m0/s1. The van der Waals surface area contributed by atoms with E-state index in [0.717, 1.165) is 89.9 Å². The lowest BCUT2D eigenvalue weighted by atomic mass is 10.1. The minimum Gasteiger partial charge on any atom is -0.462 e. The second kappa shape index (κ2) is 40.7. The summed E-state index contributed by atoms with van der Waals surface area (Å²) in [6.07, 6.45) is 51.9. The smallest absolute Gasteiger partial charge is 0.462 e. The first kappa shape index (κ1) is 57.6. The molecule has 2 N–H and O–H groups in total. The van der Waals surface area contributed by atoms with Crippen LogP contribution in [0.2, 0.25) is 0 Å². The molecule has 0 saturated carbocycles. The normalized spacial score (nSPS) is 15.1. The van der Waals surface area contributed by atoms with Gasteiger partial charge < -0.3 is 24.0 Å². The molecule has 0 aliphatic heterocycles. The second-order valence-corrected chi connectivity index (χ2v) is 17.3. The maximum Gasteiger partial charge on any atom is 0.472 e. The van der Waals surface area contributed by atoms with Crippen molar-refractivity contribution in [2.75, 3.05) is 47.5 Å². The molecule has 0 aromatic heterocycles. The summed E-state index contributed by atoms with van der Waals surface area (Å²) in [5, 5.41) is 9.83. The number of phosphoric acid groups is 1. The predicted octanol–water partition coefficient (Wildman–Crippen LogP) is 12.1. The average molecular weight is 873 g/mol. The number of carbonyl (C=O) groups is 2. The fraction of sp³-hybridized carbons (Fsp3) is 0.600. The lowest BCUT2D eigenvalue weighted by Gasteiger charge is -2.24. The number of nitrogens with zero attached hydrogens (tertiary/aromatic N) is 1. The van der Waals surface area contributed by atoms with E-state index in [2.05, 4.69) is 105 Å². The topological polar surface area (TPSA) is 129 Å². The molecule has 0 bridgehead atoms. The molecule has 346 valence electrons. The summed E-state index contributed by atoms with van der Waals surface area (Å²) >= 11 is 0. The van der Waals surface area contributed by atoms with Gasteiger partial charge in [0.25, 0.3) is 0 Å². The van der Waals surface area contributed by atoms with E-state index in [1.54, 1.807) is 0 Å². The van der Waals surface area contributed by atoms with E-state index >= 15 is 0 Å². The van der Waals surface area contributed by atoms with E-state index in [0.29, 0.717) is 30.3 Å². The number of esters is 2. The van der Waals surface area contributed by atoms with E-state index < -0.39 is 32.5 Å². The number of rotatable bonds is 39. The van der Waals surface area contributed by atoms with Crippen LogP contribution in [0.3, 0.4) is 0 Å². The zero-order valence-corrected chi connectivity index (χ0v) is 39.4. The van der Waals surface area contributed by atoms with E-state index in [1.165, 1.54) is 0 Å². The maximum absolute atomic E-state index is 12.7. The number of hydrogen-bond donors (Lipinski definition) is 2. The highest BCUT2D eigenvalue weighted by Crippen LogP contribution is 2.43. The molecule has 61 heavy (non-hydrogen) atoms. The third kappa shape index (κ3) is 44.5. The second-order valence-electron chi connectivity index (χ2n) is 15.9. The molecule has 0 spiro atoms. The van der Waals surface area contributed by atoms with Crippen LogP contribution in [0.4, 0.5) is 0 Å². The Morgan fingerprint density at radius 2 is 1.08 bits per heavy atom. The van der Waals surface area contributed by atoms with Crippen molar-refractivity contribution in [2.24, 2.45) is 0 Å².